The third-order valence-corrected chi connectivity index (χ3v) is 5.31. The fourth-order valence-electron chi connectivity index (χ4n) is 3.25. The maximum Gasteiger partial charge on any atom is 0.240 e. The van der Waals surface area contributed by atoms with Crippen LogP contribution in [-0.2, 0) is 4.79 Å². The normalized spacial score (nSPS) is 12.3. The van der Waals surface area contributed by atoms with Crippen molar-refractivity contribution in [1.82, 2.24) is 9.99 Å². The molecule has 0 aliphatic carbocycles. The molecule has 0 unspecified atom stereocenters. The van der Waals surface area contributed by atoms with Crippen molar-refractivity contribution in [2.45, 2.75) is 32.8 Å². The first kappa shape index (κ1) is 21.0. The topological polar surface area (TPSA) is 66.6 Å². The van der Waals surface area contributed by atoms with Gasteiger partial charge in [0.2, 0.25) is 5.91 Å². The Kier molecular flexibility index (Phi) is 7.01. The molecule has 1 atom stereocenters. The van der Waals surface area contributed by atoms with E-state index in [4.69, 9.17) is 0 Å². The number of hydrazone groups is 1. The molecule has 6 heteroatoms. The number of aliphatic hydroxyl groups excluding tert-OH is 1. The summed E-state index contributed by atoms with van der Waals surface area (Å²) in [6.45, 7) is 4.06. The number of halogens is 1. The lowest BCUT2D eigenvalue weighted by Crippen LogP contribution is -2.18. The predicted molar refractivity (Wildman–Crippen MR) is 119 cm³/mol. The molecule has 0 aliphatic rings. The minimum atomic E-state index is -0.657. The Bertz CT molecular complexity index is 995. The third kappa shape index (κ3) is 5.43. The van der Waals surface area contributed by atoms with Crippen LogP contribution in [0.3, 0.4) is 0 Å². The third-order valence-electron chi connectivity index (χ3n) is 4.78. The molecule has 5 nitrogen and oxygen atoms in total. The molecule has 2 aromatic carbocycles. The fourth-order valence-corrected chi connectivity index (χ4v) is 3.51. The van der Waals surface area contributed by atoms with Crippen molar-refractivity contribution in [1.29, 1.82) is 0 Å². The first-order valence-corrected chi connectivity index (χ1v) is 10.2. The van der Waals surface area contributed by atoms with Crippen LogP contribution in [0.5, 0.6) is 0 Å². The average molecular weight is 454 g/mol. The van der Waals surface area contributed by atoms with Gasteiger partial charge in [-0.2, -0.15) is 5.10 Å². The van der Waals surface area contributed by atoms with Crippen LogP contribution in [0, 0.1) is 13.8 Å². The zero-order chi connectivity index (χ0) is 20.8. The van der Waals surface area contributed by atoms with Crippen LogP contribution in [-0.4, -0.2) is 21.8 Å². The SMILES string of the molecule is Cc1cc(/C=N\NC(=O)CC[C@H](O)c2ccccc2)c(C)n1-c1ccc(Br)cc1. The number of aryl methyl sites for hydroxylation is 1. The molecule has 29 heavy (non-hydrogen) atoms. The Hall–Kier alpha value is -2.70. The van der Waals surface area contributed by atoms with Gasteiger partial charge in [-0.3, -0.25) is 4.79 Å². The molecule has 0 saturated heterocycles. The van der Waals surface area contributed by atoms with Gasteiger partial charge in [0, 0.05) is 33.5 Å². The van der Waals surface area contributed by atoms with Crippen molar-refractivity contribution in [2.24, 2.45) is 5.10 Å². The summed E-state index contributed by atoms with van der Waals surface area (Å²) < 4.78 is 3.18. The Morgan fingerprint density at radius 1 is 1.17 bits per heavy atom. The van der Waals surface area contributed by atoms with Crippen molar-refractivity contribution in [2.75, 3.05) is 0 Å². The van der Waals surface area contributed by atoms with Gasteiger partial charge in [0.05, 0.1) is 12.3 Å². The highest BCUT2D eigenvalue weighted by atomic mass is 79.9. The molecule has 0 radical (unpaired) electrons. The summed E-state index contributed by atoms with van der Waals surface area (Å²) in [5, 5.41) is 14.2. The molecular weight excluding hydrogens is 430 g/mol. The molecule has 0 saturated carbocycles. The molecule has 0 aliphatic heterocycles. The zero-order valence-corrected chi connectivity index (χ0v) is 18.1. The lowest BCUT2D eigenvalue weighted by atomic mass is 10.1. The van der Waals surface area contributed by atoms with Crippen LogP contribution < -0.4 is 5.43 Å². The maximum absolute atomic E-state index is 12.0. The number of benzene rings is 2. The van der Waals surface area contributed by atoms with Crippen LogP contribution in [0.25, 0.3) is 5.69 Å². The minimum absolute atomic E-state index is 0.200. The van der Waals surface area contributed by atoms with Crippen molar-refractivity contribution in [3.05, 3.63) is 87.7 Å². The molecule has 1 aromatic heterocycles. The maximum atomic E-state index is 12.0. The molecule has 1 amide bonds. The number of nitrogens with one attached hydrogen (secondary N) is 1. The number of hydrogen-bond acceptors (Lipinski definition) is 3. The van der Waals surface area contributed by atoms with E-state index in [0.717, 1.165) is 32.7 Å². The van der Waals surface area contributed by atoms with Crippen molar-refractivity contribution in [3.8, 4) is 5.69 Å². The Labute approximate surface area is 179 Å². The number of carbonyl (C=O) groups is 1. The second-order valence-electron chi connectivity index (χ2n) is 6.90. The first-order chi connectivity index (χ1) is 14.0. The van der Waals surface area contributed by atoms with E-state index in [-0.39, 0.29) is 12.3 Å². The van der Waals surface area contributed by atoms with Crippen molar-refractivity contribution < 1.29 is 9.90 Å². The second kappa shape index (κ2) is 9.67. The molecular formula is C23H24BrN3O2. The summed E-state index contributed by atoms with van der Waals surface area (Å²) in [4.78, 5) is 12.0. The van der Waals surface area contributed by atoms with E-state index in [1.54, 1.807) is 6.21 Å². The van der Waals surface area contributed by atoms with Crippen LogP contribution in [0.15, 0.2) is 70.2 Å². The second-order valence-corrected chi connectivity index (χ2v) is 7.81. The number of aliphatic hydroxyl groups is 1. The molecule has 2 N–H and O–H groups in total. The number of nitrogens with zero attached hydrogens (tertiary/aromatic N) is 2. The summed E-state index contributed by atoms with van der Waals surface area (Å²) in [6, 6.07) is 19.5. The van der Waals surface area contributed by atoms with Crippen molar-refractivity contribution in [3.63, 3.8) is 0 Å². The van der Waals surface area contributed by atoms with E-state index >= 15 is 0 Å². The molecule has 0 fully saturated rings. The summed E-state index contributed by atoms with van der Waals surface area (Å²) in [6.07, 6.45) is 1.55. The number of aromatic nitrogens is 1. The van der Waals surface area contributed by atoms with E-state index < -0.39 is 6.10 Å². The molecule has 1 heterocycles. The van der Waals surface area contributed by atoms with Gasteiger partial charge < -0.3 is 9.67 Å². The van der Waals surface area contributed by atoms with E-state index in [1.807, 2.05) is 74.5 Å². The molecule has 0 spiro atoms. The van der Waals surface area contributed by atoms with Crippen molar-refractivity contribution >= 4 is 28.1 Å². The quantitative estimate of drug-likeness (QED) is 0.397. The Morgan fingerprint density at radius 2 is 1.86 bits per heavy atom. The van der Waals surface area contributed by atoms with Crippen LogP contribution >= 0.6 is 15.9 Å². The van der Waals surface area contributed by atoms with Gasteiger partial charge in [0.15, 0.2) is 0 Å². The van der Waals surface area contributed by atoms with Crippen LogP contribution in [0.4, 0.5) is 0 Å². The van der Waals surface area contributed by atoms with Gasteiger partial charge in [-0.25, -0.2) is 5.43 Å². The molecule has 3 aromatic rings. The Morgan fingerprint density at radius 3 is 2.55 bits per heavy atom. The summed E-state index contributed by atoms with van der Waals surface area (Å²) in [5.41, 5.74) is 7.50. The smallest absolute Gasteiger partial charge is 0.240 e. The van der Waals surface area contributed by atoms with Gasteiger partial charge in [-0.05, 0) is 56.2 Å². The lowest BCUT2D eigenvalue weighted by molar-refractivity contribution is -0.121. The molecule has 0 bridgehead atoms. The van der Waals surface area contributed by atoms with Crippen LogP contribution in [0.2, 0.25) is 0 Å². The summed E-state index contributed by atoms with van der Waals surface area (Å²) in [7, 11) is 0. The van der Waals surface area contributed by atoms with Gasteiger partial charge >= 0.3 is 0 Å². The number of carbonyl (C=O) groups excluding carboxylic acids is 1. The standard InChI is InChI=1S/C23H24BrN3O2/c1-16-14-19(17(2)27(16)21-10-8-20(24)9-11-21)15-25-26-23(29)13-12-22(28)18-6-4-3-5-7-18/h3-11,14-15,22,28H,12-13H2,1-2H3,(H,26,29)/b25-15-/t22-/m0/s1. The minimum Gasteiger partial charge on any atom is -0.388 e. The van der Waals surface area contributed by atoms with E-state index in [9.17, 15) is 9.90 Å². The highest BCUT2D eigenvalue weighted by Crippen LogP contribution is 2.21. The number of rotatable bonds is 7. The first-order valence-electron chi connectivity index (χ1n) is 9.45. The van der Waals surface area contributed by atoms with Gasteiger partial charge in [0.1, 0.15) is 0 Å². The molecule has 3 rings (SSSR count). The zero-order valence-electron chi connectivity index (χ0n) is 16.5. The largest absolute Gasteiger partial charge is 0.388 e. The fraction of sp³-hybridized carbons (Fsp3) is 0.217. The monoisotopic (exact) mass is 453 g/mol. The Balaban J connectivity index is 1.58. The number of hydrogen-bond donors (Lipinski definition) is 2. The summed E-state index contributed by atoms with van der Waals surface area (Å²) in [5.74, 6) is -0.224. The van der Waals surface area contributed by atoms with E-state index in [2.05, 4.69) is 31.0 Å². The van der Waals surface area contributed by atoms with E-state index in [0.29, 0.717) is 6.42 Å². The van der Waals surface area contributed by atoms with Crippen LogP contribution in [0.1, 0.15) is 41.5 Å². The van der Waals surface area contributed by atoms with Gasteiger partial charge in [0.25, 0.3) is 0 Å². The number of amides is 1. The predicted octanol–water partition coefficient (Wildman–Crippen LogP) is 4.82. The van der Waals surface area contributed by atoms with Gasteiger partial charge in [-0.15, -0.1) is 0 Å². The van der Waals surface area contributed by atoms with E-state index in [1.165, 1.54) is 0 Å². The van der Waals surface area contributed by atoms with Gasteiger partial charge in [-0.1, -0.05) is 46.3 Å². The average Bonchev–Trinajstić information content (AvgIpc) is 3.01. The highest BCUT2D eigenvalue weighted by Gasteiger charge is 2.11. The molecule has 150 valence electrons. The summed E-state index contributed by atoms with van der Waals surface area (Å²) >= 11 is 3.46. The lowest BCUT2D eigenvalue weighted by Gasteiger charge is -2.10. The highest BCUT2D eigenvalue weighted by molar-refractivity contribution is 9.10.